The topological polar surface area (TPSA) is 41.1 Å². The van der Waals surface area contributed by atoms with Gasteiger partial charge in [0, 0.05) is 37.1 Å². The number of likely N-dealkylation sites (N-methyl/N-ethyl adjacent to an activating group) is 1. The van der Waals surface area contributed by atoms with Crippen molar-refractivity contribution in [2.45, 2.75) is 39.2 Å². The predicted molar refractivity (Wildman–Crippen MR) is 68.2 cm³/mol. The number of aromatic nitrogens is 2. The molecule has 1 fully saturated rings. The first-order chi connectivity index (χ1) is 7.83. The van der Waals surface area contributed by atoms with Crippen molar-refractivity contribution in [3.63, 3.8) is 0 Å². The van der Waals surface area contributed by atoms with Gasteiger partial charge in [0.1, 0.15) is 5.82 Å². The monoisotopic (exact) mass is 240 g/mol. The summed E-state index contributed by atoms with van der Waals surface area (Å²) < 4.78 is 4.35. The summed E-state index contributed by atoms with van der Waals surface area (Å²) in [5, 5.41) is 4.60. The van der Waals surface area contributed by atoms with E-state index in [1.54, 1.807) is 0 Å². The molecule has 0 radical (unpaired) electrons. The van der Waals surface area contributed by atoms with Crippen LogP contribution in [-0.4, -0.2) is 35.0 Å². The molecule has 1 aromatic heterocycles. The Balaban J connectivity index is 1.97. The molecule has 0 saturated carbocycles. The van der Waals surface area contributed by atoms with E-state index in [1.165, 1.54) is 30.9 Å². The van der Waals surface area contributed by atoms with Crippen molar-refractivity contribution in [2.24, 2.45) is 0 Å². The predicted octanol–water partition coefficient (Wildman–Crippen LogP) is 1.68. The largest absolute Gasteiger partial charge is 0.346 e. The Labute approximate surface area is 101 Å². The second kappa shape index (κ2) is 5.59. The number of nitrogens with zero attached hydrogens (tertiary/aromatic N) is 3. The fourth-order valence-electron chi connectivity index (χ4n) is 2.04. The van der Waals surface area contributed by atoms with Crippen LogP contribution in [-0.2, 0) is 6.42 Å². The molecule has 2 rings (SSSR count). The van der Waals surface area contributed by atoms with E-state index in [0.29, 0.717) is 6.04 Å². The van der Waals surface area contributed by atoms with E-state index in [4.69, 9.17) is 0 Å². The standard InChI is InChI=1S/C11H20N4S/c1-3-10-13-11(16-14-10)15(4-2)8-9-6-5-7-12-9/h9,12H,3-8H2,1-2H3. The number of hydrogen-bond donors (Lipinski definition) is 1. The maximum absolute atomic E-state index is 4.55. The molecule has 16 heavy (non-hydrogen) atoms. The highest BCUT2D eigenvalue weighted by Gasteiger charge is 2.19. The van der Waals surface area contributed by atoms with Crippen LogP contribution in [0.5, 0.6) is 0 Å². The summed E-state index contributed by atoms with van der Waals surface area (Å²) in [5.41, 5.74) is 0. The van der Waals surface area contributed by atoms with Crippen molar-refractivity contribution in [2.75, 3.05) is 24.5 Å². The van der Waals surface area contributed by atoms with Crippen LogP contribution in [0.25, 0.3) is 0 Å². The highest BCUT2D eigenvalue weighted by Crippen LogP contribution is 2.19. The number of anilines is 1. The Hall–Kier alpha value is -0.680. The Kier molecular flexibility index (Phi) is 4.12. The van der Waals surface area contributed by atoms with Gasteiger partial charge < -0.3 is 10.2 Å². The quantitative estimate of drug-likeness (QED) is 0.850. The number of hydrogen-bond acceptors (Lipinski definition) is 5. The lowest BCUT2D eigenvalue weighted by atomic mass is 10.2. The summed E-state index contributed by atoms with van der Waals surface area (Å²) in [7, 11) is 0. The minimum absolute atomic E-state index is 0.633. The van der Waals surface area contributed by atoms with E-state index in [2.05, 4.69) is 33.4 Å². The van der Waals surface area contributed by atoms with E-state index in [0.717, 1.165) is 30.5 Å². The normalized spacial score (nSPS) is 20.2. The van der Waals surface area contributed by atoms with Gasteiger partial charge in [-0.15, -0.1) is 0 Å². The van der Waals surface area contributed by atoms with Crippen molar-refractivity contribution in [1.29, 1.82) is 0 Å². The molecule has 5 heteroatoms. The number of rotatable bonds is 5. The first kappa shape index (κ1) is 11.8. The SMILES string of the molecule is CCc1nsc(N(CC)CC2CCCN2)n1. The molecule has 1 unspecified atom stereocenters. The van der Waals surface area contributed by atoms with Crippen LogP contribution in [0.2, 0.25) is 0 Å². The second-order valence-corrected chi connectivity index (χ2v) is 4.91. The smallest absolute Gasteiger partial charge is 0.205 e. The molecule has 0 aliphatic carbocycles. The van der Waals surface area contributed by atoms with Gasteiger partial charge in [-0.05, 0) is 26.3 Å². The third-order valence-corrected chi connectivity index (χ3v) is 3.84. The van der Waals surface area contributed by atoms with Gasteiger partial charge in [0.25, 0.3) is 0 Å². The van der Waals surface area contributed by atoms with Crippen LogP contribution in [0.15, 0.2) is 0 Å². The molecule has 4 nitrogen and oxygen atoms in total. The molecule has 90 valence electrons. The van der Waals surface area contributed by atoms with Crippen LogP contribution in [0.4, 0.5) is 5.13 Å². The summed E-state index contributed by atoms with van der Waals surface area (Å²) >= 11 is 1.53. The zero-order valence-corrected chi connectivity index (χ0v) is 10.9. The second-order valence-electron chi connectivity index (χ2n) is 4.18. The summed E-state index contributed by atoms with van der Waals surface area (Å²) in [6, 6.07) is 0.633. The van der Waals surface area contributed by atoms with Gasteiger partial charge in [-0.3, -0.25) is 0 Å². The third kappa shape index (κ3) is 2.71. The molecule has 0 amide bonds. The maximum atomic E-state index is 4.55. The highest BCUT2D eigenvalue weighted by molar-refractivity contribution is 7.09. The minimum atomic E-state index is 0.633. The lowest BCUT2D eigenvalue weighted by Crippen LogP contribution is -2.37. The van der Waals surface area contributed by atoms with Gasteiger partial charge >= 0.3 is 0 Å². The first-order valence-corrected chi connectivity index (χ1v) is 6.91. The van der Waals surface area contributed by atoms with E-state index in [9.17, 15) is 0 Å². The molecule has 1 aliphatic rings. The van der Waals surface area contributed by atoms with Gasteiger partial charge in [0.15, 0.2) is 0 Å². The summed E-state index contributed by atoms with van der Waals surface area (Å²) in [6.45, 7) is 7.52. The van der Waals surface area contributed by atoms with Gasteiger partial charge in [0.2, 0.25) is 5.13 Å². The number of nitrogens with one attached hydrogen (secondary N) is 1. The highest BCUT2D eigenvalue weighted by atomic mass is 32.1. The van der Waals surface area contributed by atoms with Crippen molar-refractivity contribution < 1.29 is 0 Å². The maximum Gasteiger partial charge on any atom is 0.205 e. The molecular weight excluding hydrogens is 220 g/mol. The van der Waals surface area contributed by atoms with Gasteiger partial charge in [-0.2, -0.15) is 4.37 Å². The van der Waals surface area contributed by atoms with E-state index in [-0.39, 0.29) is 0 Å². The summed E-state index contributed by atoms with van der Waals surface area (Å²) in [6.07, 6.45) is 3.52. The third-order valence-electron chi connectivity index (χ3n) is 3.03. The van der Waals surface area contributed by atoms with E-state index in [1.807, 2.05) is 0 Å². The zero-order valence-electron chi connectivity index (χ0n) is 10.1. The molecule has 1 saturated heterocycles. The summed E-state index contributed by atoms with van der Waals surface area (Å²) in [5.74, 6) is 0.970. The number of aryl methyl sites for hydroxylation is 1. The van der Waals surface area contributed by atoms with Gasteiger partial charge in [0.05, 0.1) is 0 Å². The van der Waals surface area contributed by atoms with Crippen LogP contribution >= 0.6 is 11.5 Å². The lowest BCUT2D eigenvalue weighted by molar-refractivity contribution is 0.586. The molecular formula is C11H20N4S. The average molecular weight is 240 g/mol. The van der Waals surface area contributed by atoms with Gasteiger partial charge in [-0.25, -0.2) is 4.98 Å². The Morgan fingerprint density at radius 2 is 2.38 bits per heavy atom. The molecule has 0 spiro atoms. The van der Waals surface area contributed by atoms with E-state index >= 15 is 0 Å². The van der Waals surface area contributed by atoms with Crippen LogP contribution in [0.3, 0.4) is 0 Å². The van der Waals surface area contributed by atoms with Crippen molar-refractivity contribution in [3.8, 4) is 0 Å². The average Bonchev–Trinajstić information content (AvgIpc) is 2.96. The van der Waals surface area contributed by atoms with Crippen molar-refractivity contribution in [1.82, 2.24) is 14.7 Å². The Morgan fingerprint density at radius 1 is 1.50 bits per heavy atom. The lowest BCUT2D eigenvalue weighted by Gasteiger charge is -2.23. The fourth-order valence-corrected chi connectivity index (χ4v) is 2.86. The van der Waals surface area contributed by atoms with Crippen LogP contribution in [0, 0.1) is 0 Å². The Morgan fingerprint density at radius 3 is 2.94 bits per heavy atom. The van der Waals surface area contributed by atoms with Crippen LogP contribution < -0.4 is 10.2 Å². The molecule has 1 atom stereocenters. The van der Waals surface area contributed by atoms with Gasteiger partial charge in [-0.1, -0.05) is 6.92 Å². The van der Waals surface area contributed by atoms with E-state index < -0.39 is 0 Å². The van der Waals surface area contributed by atoms with Crippen molar-refractivity contribution in [3.05, 3.63) is 5.82 Å². The molecule has 2 heterocycles. The van der Waals surface area contributed by atoms with Crippen molar-refractivity contribution >= 4 is 16.7 Å². The Bertz CT molecular complexity index is 320. The molecule has 1 aromatic rings. The molecule has 0 bridgehead atoms. The minimum Gasteiger partial charge on any atom is -0.346 e. The zero-order chi connectivity index (χ0) is 11.4. The first-order valence-electron chi connectivity index (χ1n) is 6.14. The summed E-state index contributed by atoms with van der Waals surface area (Å²) in [4.78, 5) is 6.88. The molecule has 1 aliphatic heterocycles. The van der Waals surface area contributed by atoms with Crippen LogP contribution in [0.1, 0.15) is 32.5 Å². The fraction of sp³-hybridized carbons (Fsp3) is 0.818. The molecule has 1 N–H and O–H groups in total. The molecule has 0 aromatic carbocycles.